The third-order valence-electron chi connectivity index (χ3n) is 4.83. The number of halogens is 1. The van der Waals surface area contributed by atoms with E-state index in [1.54, 1.807) is 0 Å². The highest BCUT2D eigenvalue weighted by atomic mass is 35.5. The molecule has 0 saturated carbocycles. The van der Waals surface area contributed by atoms with Crippen molar-refractivity contribution in [3.8, 4) is 11.5 Å². The number of benzene rings is 3. The first-order valence-electron chi connectivity index (χ1n) is 9.33. The summed E-state index contributed by atoms with van der Waals surface area (Å²) in [6, 6.07) is 26.6. The van der Waals surface area contributed by atoms with E-state index in [-0.39, 0.29) is 6.04 Å². The molecule has 4 heteroatoms. The molecule has 1 fully saturated rings. The van der Waals surface area contributed by atoms with Gasteiger partial charge in [0.15, 0.2) is 0 Å². The van der Waals surface area contributed by atoms with Crippen LogP contribution in [-0.2, 0) is 0 Å². The summed E-state index contributed by atoms with van der Waals surface area (Å²) < 4.78 is 6.06. The van der Waals surface area contributed by atoms with Crippen LogP contribution in [0, 0.1) is 0 Å². The van der Waals surface area contributed by atoms with Crippen molar-refractivity contribution in [2.75, 3.05) is 26.2 Å². The van der Waals surface area contributed by atoms with Crippen LogP contribution in [0.25, 0.3) is 0 Å². The van der Waals surface area contributed by atoms with E-state index >= 15 is 0 Å². The highest BCUT2D eigenvalue weighted by Crippen LogP contribution is 2.33. The average molecular weight is 379 g/mol. The Hall–Kier alpha value is -2.33. The fraction of sp³-hybridized carbons (Fsp3) is 0.217. The first-order valence-corrected chi connectivity index (χ1v) is 9.70. The molecule has 0 bridgehead atoms. The smallest absolute Gasteiger partial charge is 0.127 e. The molecule has 1 aliphatic rings. The first-order chi connectivity index (χ1) is 13.3. The predicted octanol–water partition coefficient (Wildman–Crippen LogP) is 5.13. The normalized spacial score (nSPS) is 16.0. The van der Waals surface area contributed by atoms with Crippen LogP contribution in [0.15, 0.2) is 78.9 Å². The van der Waals surface area contributed by atoms with E-state index in [2.05, 4.69) is 40.5 Å². The Morgan fingerprint density at radius 3 is 2.19 bits per heavy atom. The summed E-state index contributed by atoms with van der Waals surface area (Å²) in [7, 11) is 0. The van der Waals surface area contributed by atoms with Crippen LogP contribution in [-0.4, -0.2) is 31.1 Å². The summed E-state index contributed by atoms with van der Waals surface area (Å²) in [6.07, 6.45) is 0. The summed E-state index contributed by atoms with van der Waals surface area (Å²) in [5.74, 6) is 1.69. The van der Waals surface area contributed by atoms with Crippen molar-refractivity contribution in [1.29, 1.82) is 0 Å². The molecule has 1 N–H and O–H groups in total. The van der Waals surface area contributed by atoms with E-state index in [1.165, 1.54) is 11.1 Å². The van der Waals surface area contributed by atoms with Crippen LogP contribution in [0.5, 0.6) is 11.5 Å². The molecule has 27 heavy (non-hydrogen) atoms. The molecule has 0 radical (unpaired) electrons. The third kappa shape index (κ3) is 4.51. The van der Waals surface area contributed by atoms with Gasteiger partial charge in [0.05, 0.1) is 6.04 Å². The standard InChI is InChI=1S/C23H23ClN2O/c24-20-8-4-6-18(16-20)23(26-14-12-25-13-15-26)19-7-5-11-22(17-19)27-21-9-2-1-3-10-21/h1-11,16-17,23,25H,12-15H2. The molecule has 1 aliphatic heterocycles. The minimum atomic E-state index is 0.158. The average Bonchev–Trinajstić information content (AvgIpc) is 2.70. The lowest BCUT2D eigenvalue weighted by Crippen LogP contribution is -2.45. The lowest BCUT2D eigenvalue weighted by atomic mass is 9.96. The van der Waals surface area contributed by atoms with Crippen LogP contribution in [0.3, 0.4) is 0 Å². The van der Waals surface area contributed by atoms with Gasteiger partial charge < -0.3 is 10.1 Å². The Kier molecular flexibility index (Phi) is 5.73. The summed E-state index contributed by atoms with van der Waals surface area (Å²) in [5.41, 5.74) is 2.42. The molecule has 3 nitrogen and oxygen atoms in total. The maximum atomic E-state index is 6.30. The van der Waals surface area contributed by atoms with Gasteiger partial charge in [-0.25, -0.2) is 0 Å². The Labute approximate surface area is 165 Å². The molecule has 1 atom stereocenters. The van der Waals surface area contributed by atoms with Crippen LogP contribution in [0.2, 0.25) is 5.02 Å². The van der Waals surface area contributed by atoms with E-state index in [9.17, 15) is 0 Å². The van der Waals surface area contributed by atoms with Crippen molar-refractivity contribution in [3.05, 3.63) is 95.0 Å². The highest BCUT2D eigenvalue weighted by molar-refractivity contribution is 6.30. The van der Waals surface area contributed by atoms with Crippen molar-refractivity contribution >= 4 is 11.6 Å². The van der Waals surface area contributed by atoms with Gasteiger partial charge in [0.1, 0.15) is 11.5 Å². The zero-order chi connectivity index (χ0) is 18.5. The van der Waals surface area contributed by atoms with Crippen molar-refractivity contribution in [3.63, 3.8) is 0 Å². The lowest BCUT2D eigenvalue weighted by Gasteiger charge is -2.35. The quantitative estimate of drug-likeness (QED) is 0.666. The van der Waals surface area contributed by atoms with E-state index in [0.29, 0.717) is 0 Å². The van der Waals surface area contributed by atoms with Gasteiger partial charge in [-0.3, -0.25) is 4.90 Å². The molecule has 1 heterocycles. The molecular weight excluding hydrogens is 356 g/mol. The van der Waals surface area contributed by atoms with E-state index < -0.39 is 0 Å². The van der Waals surface area contributed by atoms with Crippen LogP contribution in [0.1, 0.15) is 17.2 Å². The summed E-state index contributed by atoms with van der Waals surface area (Å²) in [6.45, 7) is 4.00. The number of rotatable bonds is 5. The van der Waals surface area contributed by atoms with Gasteiger partial charge in [-0.15, -0.1) is 0 Å². The number of hydrogen-bond donors (Lipinski definition) is 1. The molecule has 0 aliphatic carbocycles. The van der Waals surface area contributed by atoms with Crippen LogP contribution >= 0.6 is 11.6 Å². The second-order valence-corrected chi connectivity index (χ2v) is 7.17. The van der Waals surface area contributed by atoms with E-state index in [1.807, 2.05) is 48.5 Å². The van der Waals surface area contributed by atoms with Gasteiger partial charge in [-0.1, -0.05) is 54.1 Å². The molecule has 4 rings (SSSR count). The summed E-state index contributed by atoms with van der Waals surface area (Å²) in [5, 5.41) is 4.20. The number of nitrogens with zero attached hydrogens (tertiary/aromatic N) is 1. The van der Waals surface area contributed by atoms with Crippen LogP contribution in [0.4, 0.5) is 0 Å². The second kappa shape index (κ2) is 8.57. The van der Waals surface area contributed by atoms with E-state index in [4.69, 9.17) is 16.3 Å². The largest absolute Gasteiger partial charge is 0.457 e. The van der Waals surface area contributed by atoms with Gasteiger partial charge in [0.2, 0.25) is 0 Å². The number of hydrogen-bond acceptors (Lipinski definition) is 3. The number of para-hydroxylation sites is 1. The molecular formula is C23H23ClN2O. The molecule has 0 aromatic heterocycles. The first kappa shape index (κ1) is 18.1. The monoisotopic (exact) mass is 378 g/mol. The number of nitrogens with one attached hydrogen (secondary N) is 1. The van der Waals surface area contributed by atoms with Gasteiger partial charge in [-0.05, 0) is 47.5 Å². The molecule has 138 valence electrons. The summed E-state index contributed by atoms with van der Waals surface area (Å²) in [4.78, 5) is 2.50. The minimum absolute atomic E-state index is 0.158. The fourth-order valence-electron chi connectivity index (χ4n) is 3.60. The predicted molar refractivity (Wildman–Crippen MR) is 111 cm³/mol. The minimum Gasteiger partial charge on any atom is -0.457 e. The lowest BCUT2D eigenvalue weighted by molar-refractivity contribution is 0.198. The third-order valence-corrected chi connectivity index (χ3v) is 5.07. The fourth-order valence-corrected chi connectivity index (χ4v) is 3.80. The molecule has 3 aromatic carbocycles. The Morgan fingerprint density at radius 1 is 0.778 bits per heavy atom. The van der Waals surface area contributed by atoms with Gasteiger partial charge >= 0.3 is 0 Å². The molecule has 0 amide bonds. The van der Waals surface area contributed by atoms with Gasteiger partial charge in [0.25, 0.3) is 0 Å². The van der Waals surface area contributed by atoms with Crippen molar-refractivity contribution < 1.29 is 4.74 Å². The summed E-state index contributed by atoms with van der Waals surface area (Å²) >= 11 is 6.30. The highest BCUT2D eigenvalue weighted by Gasteiger charge is 2.24. The molecule has 0 spiro atoms. The maximum absolute atomic E-state index is 6.30. The zero-order valence-electron chi connectivity index (χ0n) is 15.1. The van der Waals surface area contributed by atoms with Crippen molar-refractivity contribution in [1.82, 2.24) is 10.2 Å². The van der Waals surface area contributed by atoms with Gasteiger partial charge in [-0.2, -0.15) is 0 Å². The van der Waals surface area contributed by atoms with Gasteiger partial charge in [0, 0.05) is 31.2 Å². The second-order valence-electron chi connectivity index (χ2n) is 6.73. The molecule has 3 aromatic rings. The molecule has 1 unspecified atom stereocenters. The SMILES string of the molecule is Clc1cccc(C(c2cccc(Oc3ccccc3)c2)N2CCNCC2)c1. The topological polar surface area (TPSA) is 24.5 Å². The Bertz CT molecular complexity index is 878. The van der Waals surface area contributed by atoms with E-state index in [0.717, 1.165) is 42.7 Å². The van der Waals surface area contributed by atoms with Crippen molar-refractivity contribution in [2.45, 2.75) is 6.04 Å². The Morgan fingerprint density at radius 2 is 1.44 bits per heavy atom. The Balaban J connectivity index is 1.68. The number of piperazine rings is 1. The number of ether oxygens (including phenoxy) is 1. The van der Waals surface area contributed by atoms with Crippen molar-refractivity contribution in [2.24, 2.45) is 0 Å². The zero-order valence-corrected chi connectivity index (χ0v) is 15.9. The maximum Gasteiger partial charge on any atom is 0.127 e. The molecule has 1 saturated heterocycles. The van der Waals surface area contributed by atoms with Crippen LogP contribution < -0.4 is 10.1 Å².